The van der Waals surface area contributed by atoms with Crippen LogP contribution in [-0.4, -0.2) is 44.9 Å². The minimum atomic E-state index is -0.200. The number of likely N-dealkylation sites (tertiary alicyclic amines) is 1. The van der Waals surface area contributed by atoms with Crippen molar-refractivity contribution >= 4 is 5.91 Å². The number of hydrogen-bond donors (Lipinski definition) is 0. The Morgan fingerprint density at radius 1 is 1.08 bits per heavy atom. The highest BCUT2D eigenvalue weighted by molar-refractivity contribution is 5.83. The van der Waals surface area contributed by atoms with Crippen LogP contribution in [0, 0.1) is 0 Å². The highest BCUT2D eigenvalue weighted by Gasteiger charge is 2.34. The molecule has 0 aliphatic carbocycles. The summed E-state index contributed by atoms with van der Waals surface area (Å²) < 4.78 is 2.11. The fraction of sp³-hybridized carbons (Fsp3) is 0.500. The van der Waals surface area contributed by atoms with Gasteiger partial charge in [-0.2, -0.15) is 0 Å². The molecule has 0 unspecified atom stereocenters. The maximum atomic E-state index is 13.4. The molecule has 3 heterocycles. The number of carbonyl (C=O) groups is 1. The van der Waals surface area contributed by atoms with Crippen LogP contribution in [-0.2, 0) is 24.8 Å². The van der Waals surface area contributed by atoms with Crippen molar-refractivity contribution in [2.45, 2.75) is 38.3 Å². The Morgan fingerprint density at radius 2 is 1.84 bits per heavy atom. The molecule has 1 aromatic heterocycles. The number of piperidine rings is 1. The predicted octanol–water partition coefficient (Wildman–Crippen LogP) is 2.53. The van der Waals surface area contributed by atoms with Crippen LogP contribution in [0.1, 0.15) is 42.3 Å². The number of hydrogen-bond acceptors (Lipinski definition) is 3. The molecule has 0 N–H and O–H groups in total. The van der Waals surface area contributed by atoms with Gasteiger partial charge in [-0.15, -0.1) is 0 Å². The van der Waals surface area contributed by atoms with Gasteiger partial charge in [0.25, 0.3) is 0 Å². The number of imidazole rings is 1. The van der Waals surface area contributed by atoms with E-state index in [1.165, 1.54) is 12.1 Å². The molecule has 1 atom stereocenters. The Labute approximate surface area is 149 Å². The van der Waals surface area contributed by atoms with Crippen LogP contribution < -0.4 is 0 Å². The topological polar surface area (TPSA) is 41.4 Å². The number of fused-ring (bicyclic) bond motifs is 1. The largest absolute Gasteiger partial charge is 0.341 e. The van der Waals surface area contributed by atoms with Crippen LogP contribution in [0.5, 0.6) is 0 Å². The number of nitrogens with zero attached hydrogens (tertiary/aromatic N) is 4. The maximum absolute atomic E-state index is 13.4. The smallest absolute Gasteiger partial charge is 0.244 e. The van der Waals surface area contributed by atoms with Gasteiger partial charge in [0, 0.05) is 45.3 Å². The zero-order chi connectivity index (χ0) is 17.2. The summed E-state index contributed by atoms with van der Waals surface area (Å²) in [5.74, 6) is 0.255. The summed E-state index contributed by atoms with van der Waals surface area (Å²) >= 11 is 0. The van der Waals surface area contributed by atoms with Gasteiger partial charge in [-0.25, -0.2) is 4.98 Å². The average Bonchev–Trinajstić information content (AvgIpc) is 3.04. The van der Waals surface area contributed by atoms with Crippen LogP contribution >= 0.6 is 0 Å². The van der Waals surface area contributed by atoms with Gasteiger partial charge in [0.05, 0.1) is 12.0 Å². The molecule has 1 aromatic carbocycles. The first-order valence-electron chi connectivity index (χ1n) is 9.31. The van der Waals surface area contributed by atoms with Crippen LogP contribution in [0.4, 0.5) is 0 Å². The molecule has 1 saturated heterocycles. The third kappa shape index (κ3) is 3.21. The number of aromatic nitrogens is 2. The molecule has 2 aliphatic heterocycles. The Morgan fingerprint density at radius 3 is 2.60 bits per heavy atom. The maximum Gasteiger partial charge on any atom is 0.244 e. The van der Waals surface area contributed by atoms with Crippen LogP contribution in [0.3, 0.4) is 0 Å². The lowest BCUT2D eigenvalue weighted by Crippen LogP contribution is -2.46. The summed E-state index contributed by atoms with van der Waals surface area (Å²) in [5, 5.41) is 0. The van der Waals surface area contributed by atoms with Crippen molar-refractivity contribution in [3.8, 4) is 0 Å². The summed E-state index contributed by atoms with van der Waals surface area (Å²) in [5.41, 5.74) is 3.51. The first-order chi connectivity index (χ1) is 12.2. The van der Waals surface area contributed by atoms with Gasteiger partial charge in [0.1, 0.15) is 6.04 Å². The summed E-state index contributed by atoms with van der Waals surface area (Å²) in [4.78, 5) is 22.3. The Hall–Kier alpha value is -2.14. The molecule has 4 rings (SSSR count). The SMILES string of the molecule is Cn1cnc2c1CCN([C@H](C(=O)N1CCCCC1)c1ccccc1)C2. The summed E-state index contributed by atoms with van der Waals surface area (Å²) in [7, 11) is 2.05. The molecular weight excluding hydrogens is 312 g/mol. The van der Waals surface area contributed by atoms with Gasteiger partial charge in [-0.1, -0.05) is 30.3 Å². The van der Waals surface area contributed by atoms with Gasteiger partial charge >= 0.3 is 0 Å². The van der Waals surface area contributed by atoms with Gasteiger partial charge in [-0.05, 0) is 24.8 Å². The molecule has 0 saturated carbocycles. The van der Waals surface area contributed by atoms with Crippen LogP contribution in [0.2, 0.25) is 0 Å². The molecule has 25 heavy (non-hydrogen) atoms. The molecule has 1 fully saturated rings. The number of rotatable bonds is 3. The van der Waals surface area contributed by atoms with E-state index in [2.05, 4.69) is 38.5 Å². The van der Waals surface area contributed by atoms with Crippen LogP contribution in [0.25, 0.3) is 0 Å². The molecule has 2 aliphatic rings. The number of carbonyl (C=O) groups excluding carboxylic acids is 1. The van der Waals surface area contributed by atoms with E-state index in [9.17, 15) is 4.79 Å². The summed E-state index contributed by atoms with van der Waals surface area (Å²) in [6, 6.07) is 10.0. The lowest BCUT2D eigenvalue weighted by molar-refractivity contribution is -0.138. The van der Waals surface area contributed by atoms with E-state index in [0.29, 0.717) is 0 Å². The van der Waals surface area contributed by atoms with Crippen molar-refractivity contribution in [1.29, 1.82) is 0 Å². The fourth-order valence-electron chi connectivity index (χ4n) is 4.13. The van der Waals surface area contributed by atoms with Crippen molar-refractivity contribution in [2.24, 2.45) is 7.05 Å². The quantitative estimate of drug-likeness (QED) is 0.864. The molecule has 0 radical (unpaired) electrons. The van der Waals surface area contributed by atoms with Crippen molar-refractivity contribution in [2.75, 3.05) is 19.6 Å². The molecule has 0 bridgehead atoms. The third-order valence-corrected chi connectivity index (χ3v) is 5.52. The Kier molecular flexibility index (Phi) is 4.57. The molecule has 0 spiro atoms. The molecular formula is C20H26N4O. The Balaban J connectivity index is 1.63. The molecule has 2 aromatic rings. The Bertz CT molecular complexity index is 733. The lowest BCUT2D eigenvalue weighted by Gasteiger charge is -2.38. The molecule has 5 heteroatoms. The van der Waals surface area contributed by atoms with Gasteiger partial charge in [-0.3, -0.25) is 9.69 Å². The lowest BCUT2D eigenvalue weighted by atomic mass is 9.99. The van der Waals surface area contributed by atoms with E-state index in [-0.39, 0.29) is 11.9 Å². The number of benzene rings is 1. The van der Waals surface area contributed by atoms with E-state index in [1.807, 2.05) is 24.5 Å². The zero-order valence-electron chi connectivity index (χ0n) is 14.9. The van der Waals surface area contributed by atoms with E-state index in [0.717, 1.165) is 56.7 Å². The van der Waals surface area contributed by atoms with E-state index < -0.39 is 0 Å². The first-order valence-corrected chi connectivity index (χ1v) is 9.31. The van der Waals surface area contributed by atoms with Gasteiger partial charge < -0.3 is 9.47 Å². The van der Waals surface area contributed by atoms with Gasteiger partial charge in [0.15, 0.2) is 0 Å². The van der Waals surface area contributed by atoms with Gasteiger partial charge in [0.2, 0.25) is 5.91 Å². The predicted molar refractivity (Wildman–Crippen MR) is 96.9 cm³/mol. The molecule has 5 nitrogen and oxygen atoms in total. The monoisotopic (exact) mass is 338 g/mol. The minimum Gasteiger partial charge on any atom is -0.341 e. The third-order valence-electron chi connectivity index (χ3n) is 5.52. The van der Waals surface area contributed by atoms with Crippen LogP contribution in [0.15, 0.2) is 36.7 Å². The molecule has 1 amide bonds. The summed E-state index contributed by atoms with van der Waals surface area (Å²) in [6.45, 7) is 3.43. The standard InChI is InChI=1S/C20H26N4O/c1-22-15-21-17-14-24(13-10-18(17)22)19(16-8-4-2-5-9-16)20(25)23-11-6-3-7-12-23/h2,4-5,8-9,15,19H,3,6-7,10-14H2,1H3/t19-/m0/s1. The second-order valence-corrected chi connectivity index (χ2v) is 7.17. The number of aryl methyl sites for hydroxylation is 1. The second-order valence-electron chi connectivity index (χ2n) is 7.17. The molecule has 132 valence electrons. The highest BCUT2D eigenvalue weighted by atomic mass is 16.2. The summed E-state index contributed by atoms with van der Waals surface area (Å²) in [6.07, 6.45) is 6.32. The average molecular weight is 338 g/mol. The zero-order valence-corrected chi connectivity index (χ0v) is 14.9. The second kappa shape index (κ2) is 7.00. The highest BCUT2D eigenvalue weighted by Crippen LogP contribution is 2.29. The van der Waals surface area contributed by atoms with Crippen molar-refractivity contribution in [1.82, 2.24) is 19.4 Å². The van der Waals surface area contributed by atoms with E-state index in [4.69, 9.17) is 0 Å². The van der Waals surface area contributed by atoms with Crippen molar-refractivity contribution in [3.05, 3.63) is 53.6 Å². The fourth-order valence-corrected chi connectivity index (χ4v) is 4.13. The normalized spacial score (nSPS) is 19.5. The van der Waals surface area contributed by atoms with E-state index >= 15 is 0 Å². The van der Waals surface area contributed by atoms with Crippen molar-refractivity contribution < 1.29 is 4.79 Å². The van der Waals surface area contributed by atoms with Crippen molar-refractivity contribution in [3.63, 3.8) is 0 Å². The first kappa shape index (κ1) is 16.3. The van der Waals surface area contributed by atoms with E-state index in [1.54, 1.807) is 0 Å². The minimum absolute atomic E-state index is 0.200. The number of amides is 1.